The van der Waals surface area contributed by atoms with Gasteiger partial charge in [-0.2, -0.15) is 0 Å². The van der Waals surface area contributed by atoms with Gasteiger partial charge in [-0.1, -0.05) is 71.3 Å². The lowest BCUT2D eigenvalue weighted by Gasteiger charge is -2.20. The summed E-state index contributed by atoms with van der Waals surface area (Å²) in [6, 6.07) is 20.7. The molecule has 8 bridgehead atoms. The van der Waals surface area contributed by atoms with Crippen molar-refractivity contribution in [3.63, 3.8) is 0 Å². The minimum absolute atomic E-state index is 0.223. The minimum Gasteiger partial charge on any atom is -0.480 e. The van der Waals surface area contributed by atoms with Crippen LogP contribution in [-0.2, 0) is 19.2 Å². The summed E-state index contributed by atoms with van der Waals surface area (Å²) in [7, 11) is 0. The Balaban J connectivity index is 1.76. The number of hydrogen-bond donors (Lipinski definition) is 4. The first kappa shape index (κ1) is 34.7. The van der Waals surface area contributed by atoms with Gasteiger partial charge in [0.1, 0.15) is 23.0 Å². The maximum atomic E-state index is 11.6. The van der Waals surface area contributed by atoms with Gasteiger partial charge in [-0.25, -0.2) is 19.2 Å². The summed E-state index contributed by atoms with van der Waals surface area (Å²) in [5.41, 5.74) is 0. The Morgan fingerprint density at radius 1 is 0.375 bits per heavy atom. The van der Waals surface area contributed by atoms with Crippen LogP contribution in [-0.4, -0.2) is 70.7 Å². The summed E-state index contributed by atoms with van der Waals surface area (Å²) in [6.45, 7) is -2.63. The van der Waals surface area contributed by atoms with Gasteiger partial charge in [0.25, 0.3) is 0 Å². The standard InChI is InChI=1S/C32H24O12S4/c33-25(34)13-41-29-17-5-1-6-18(29)46-20-8-3-10-22(31(20)43-15-27(37)38)48-24-12-4-11-23(32(24)44-16-28(39)40)47-21-9-2-7-19(45-17)30(21)42-14-26(35)36/h1-12H,13-16H2,(H,33,34)(H,35,36)(H,37,38)(H,39,40). The molecule has 12 nitrogen and oxygen atoms in total. The minimum atomic E-state index is -1.21. The molecule has 248 valence electrons. The molecule has 48 heavy (non-hydrogen) atoms. The number of ether oxygens (including phenoxy) is 4. The number of fused-ring (bicyclic) bond motifs is 8. The zero-order chi connectivity index (χ0) is 34.2. The van der Waals surface area contributed by atoms with E-state index in [1.54, 1.807) is 72.8 Å². The lowest BCUT2D eigenvalue weighted by Crippen LogP contribution is -2.12. The van der Waals surface area contributed by atoms with Gasteiger partial charge in [-0.15, -0.1) is 0 Å². The lowest BCUT2D eigenvalue weighted by atomic mass is 10.3. The van der Waals surface area contributed by atoms with Crippen molar-refractivity contribution in [3.8, 4) is 23.0 Å². The van der Waals surface area contributed by atoms with Crippen LogP contribution in [0.15, 0.2) is 112 Å². The molecule has 5 rings (SSSR count). The quantitative estimate of drug-likeness (QED) is 0.110. The summed E-state index contributed by atoms with van der Waals surface area (Å²) in [5.74, 6) is -3.93. The van der Waals surface area contributed by atoms with Crippen molar-refractivity contribution >= 4 is 70.9 Å². The molecule has 0 saturated heterocycles. The van der Waals surface area contributed by atoms with Gasteiger partial charge in [-0.05, 0) is 48.5 Å². The Morgan fingerprint density at radius 2 is 0.542 bits per heavy atom. The summed E-state index contributed by atoms with van der Waals surface area (Å²) in [6.07, 6.45) is 0. The first-order valence-electron chi connectivity index (χ1n) is 13.7. The number of hydrogen-bond acceptors (Lipinski definition) is 12. The zero-order valence-corrected chi connectivity index (χ0v) is 27.7. The highest BCUT2D eigenvalue weighted by atomic mass is 32.2. The van der Waals surface area contributed by atoms with Crippen molar-refractivity contribution in [1.29, 1.82) is 0 Å². The van der Waals surface area contributed by atoms with Crippen LogP contribution in [0.25, 0.3) is 0 Å². The molecule has 4 aromatic carbocycles. The summed E-state index contributed by atoms with van der Waals surface area (Å²) in [4.78, 5) is 50.2. The molecule has 0 atom stereocenters. The maximum Gasteiger partial charge on any atom is 0.341 e. The van der Waals surface area contributed by atoms with Crippen LogP contribution >= 0.6 is 47.0 Å². The Morgan fingerprint density at radius 3 is 0.688 bits per heavy atom. The van der Waals surface area contributed by atoms with Gasteiger partial charge in [0.05, 0.1) is 39.2 Å². The molecule has 0 radical (unpaired) electrons. The molecule has 4 N–H and O–H groups in total. The van der Waals surface area contributed by atoms with E-state index in [2.05, 4.69) is 0 Å². The largest absolute Gasteiger partial charge is 0.480 e. The highest BCUT2D eigenvalue weighted by Crippen LogP contribution is 2.53. The number of carboxylic acids is 4. The zero-order valence-electron chi connectivity index (χ0n) is 24.4. The van der Waals surface area contributed by atoms with Crippen LogP contribution in [0.3, 0.4) is 0 Å². The Bertz CT molecular complexity index is 1530. The van der Waals surface area contributed by atoms with E-state index in [0.717, 1.165) is 47.0 Å². The van der Waals surface area contributed by atoms with Crippen molar-refractivity contribution in [2.45, 2.75) is 39.2 Å². The average molecular weight is 729 g/mol. The van der Waals surface area contributed by atoms with Crippen LogP contribution in [0.5, 0.6) is 23.0 Å². The van der Waals surface area contributed by atoms with Gasteiger partial charge in [-0.3, -0.25) is 0 Å². The van der Waals surface area contributed by atoms with E-state index in [1.165, 1.54) is 0 Å². The van der Waals surface area contributed by atoms with Crippen LogP contribution in [0, 0.1) is 0 Å². The van der Waals surface area contributed by atoms with Crippen LogP contribution in [0.2, 0.25) is 0 Å². The Kier molecular flexibility index (Phi) is 11.5. The lowest BCUT2D eigenvalue weighted by molar-refractivity contribution is -0.140. The fourth-order valence-corrected chi connectivity index (χ4v) is 8.68. The van der Waals surface area contributed by atoms with Gasteiger partial charge in [0, 0.05) is 0 Å². The molecule has 4 aromatic rings. The number of carboxylic acid groups (broad SMARTS) is 4. The summed E-state index contributed by atoms with van der Waals surface area (Å²) in [5, 5.41) is 37.8. The van der Waals surface area contributed by atoms with Crippen molar-refractivity contribution in [2.24, 2.45) is 0 Å². The first-order chi connectivity index (χ1) is 23.1. The third kappa shape index (κ3) is 8.83. The third-order valence-electron chi connectivity index (χ3n) is 6.01. The topological polar surface area (TPSA) is 186 Å². The summed E-state index contributed by atoms with van der Waals surface area (Å²) < 4.78 is 23.2. The van der Waals surface area contributed by atoms with Crippen molar-refractivity contribution in [2.75, 3.05) is 26.4 Å². The highest BCUT2D eigenvalue weighted by molar-refractivity contribution is 8.01. The van der Waals surface area contributed by atoms with E-state index in [4.69, 9.17) is 18.9 Å². The van der Waals surface area contributed by atoms with E-state index in [9.17, 15) is 39.6 Å². The maximum absolute atomic E-state index is 11.6. The molecule has 0 amide bonds. The van der Waals surface area contributed by atoms with E-state index in [1.807, 2.05) is 0 Å². The van der Waals surface area contributed by atoms with Crippen molar-refractivity contribution in [3.05, 3.63) is 72.8 Å². The van der Waals surface area contributed by atoms with E-state index >= 15 is 0 Å². The second kappa shape index (κ2) is 16.0. The Hall–Kier alpha value is -4.64. The SMILES string of the molecule is O=C(O)COc1c2cccc1Sc1cccc(c1OCC(=O)O)Sc1cccc(c1OCC(=O)O)Sc1cccc(c1OCC(=O)O)S2. The number of carbonyl (C=O) groups is 4. The molecule has 1 aliphatic heterocycles. The number of benzene rings is 4. The molecular weight excluding hydrogens is 705 g/mol. The van der Waals surface area contributed by atoms with Crippen molar-refractivity contribution < 1.29 is 58.6 Å². The predicted octanol–water partition coefficient (Wildman–Crippen LogP) is 6.46. The first-order valence-corrected chi connectivity index (χ1v) is 17.0. The Labute approximate surface area is 289 Å². The molecule has 0 saturated carbocycles. The van der Waals surface area contributed by atoms with E-state index in [-0.39, 0.29) is 23.0 Å². The van der Waals surface area contributed by atoms with E-state index < -0.39 is 50.3 Å². The van der Waals surface area contributed by atoms with Gasteiger partial charge in [0.15, 0.2) is 26.4 Å². The normalized spacial score (nSPS) is 12.0. The predicted molar refractivity (Wildman–Crippen MR) is 175 cm³/mol. The molecule has 0 unspecified atom stereocenters. The second-order valence-corrected chi connectivity index (χ2v) is 13.8. The molecule has 1 heterocycles. The second-order valence-electron chi connectivity index (χ2n) is 9.47. The van der Waals surface area contributed by atoms with Crippen molar-refractivity contribution in [1.82, 2.24) is 0 Å². The molecule has 1 aliphatic rings. The average Bonchev–Trinajstić information content (AvgIpc) is 3.02. The molecular formula is C32H24O12S4. The number of para-hydroxylation sites is 4. The third-order valence-corrected chi connectivity index (χ3v) is 10.3. The summed E-state index contributed by atoms with van der Waals surface area (Å²) >= 11 is 4.64. The number of aliphatic carboxylic acids is 4. The molecule has 0 spiro atoms. The van der Waals surface area contributed by atoms with Crippen LogP contribution in [0.4, 0.5) is 0 Å². The monoisotopic (exact) mass is 728 g/mol. The fraction of sp³-hybridized carbons (Fsp3) is 0.125. The smallest absolute Gasteiger partial charge is 0.341 e. The molecule has 0 aromatic heterocycles. The van der Waals surface area contributed by atoms with Crippen LogP contribution < -0.4 is 18.9 Å². The highest BCUT2D eigenvalue weighted by Gasteiger charge is 2.24. The molecule has 0 aliphatic carbocycles. The molecule has 16 heteroatoms. The van der Waals surface area contributed by atoms with Gasteiger partial charge < -0.3 is 39.4 Å². The van der Waals surface area contributed by atoms with Gasteiger partial charge in [0.2, 0.25) is 0 Å². The van der Waals surface area contributed by atoms with E-state index in [0.29, 0.717) is 39.2 Å². The molecule has 0 fully saturated rings. The number of rotatable bonds is 12. The van der Waals surface area contributed by atoms with Crippen LogP contribution in [0.1, 0.15) is 0 Å². The fourth-order valence-electron chi connectivity index (χ4n) is 4.20. The van der Waals surface area contributed by atoms with Gasteiger partial charge >= 0.3 is 23.9 Å².